The highest BCUT2D eigenvalue weighted by atomic mass is 16.2. The average molecular weight is 381 g/mol. The molecular formula is C21H27N5O2. The van der Waals surface area contributed by atoms with Crippen LogP contribution in [0.5, 0.6) is 0 Å². The summed E-state index contributed by atoms with van der Waals surface area (Å²) < 4.78 is 0. The Morgan fingerprint density at radius 3 is 2.61 bits per heavy atom. The first-order valence-electron chi connectivity index (χ1n) is 9.79. The topological polar surface area (TPSA) is 59.5 Å². The standard InChI is InChI=1S/C21H27N5O2/c1-13(2)9-10-24-19(27)17-18(23(5)21(24)28)22-20-25(17)12-15(4)26(20)16-8-6-7-14(3)11-16/h6-8,11-13,17-18H,9-10H2,1-5H3. The van der Waals surface area contributed by atoms with Crippen LogP contribution in [0, 0.1) is 12.8 Å². The summed E-state index contributed by atoms with van der Waals surface area (Å²) >= 11 is 0. The molecule has 0 aromatic heterocycles. The summed E-state index contributed by atoms with van der Waals surface area (Å²) in [5, 5.41) is 0. The summed E-state index contributed by atoms with van der Waals surface area (Å²) in [5.41, 5.74) is 3.17. The van der Waals surface area contributed by atoms with Gasteiger partial charge in [0.2, 0.25) is 5.96 Å². The van der Waals surface area contributed by atoms with Crippen LogP contribution in [-0.4, -0.2) is 58.4 Å². The van der Waals surface area contributed by atoms with E-state index in [1.54, 1.807) is 11.9 Å². The van der Waals surface area contributed by atoms with Crippen LogP contribution < -0.4 is 4.90 Å². The first kappa shape index (κ1) is 18.5. The van der Waals surface area contributed by atoms with Crippen LogP contribution in [0.2, 0.25) is 0 Å². The molecule has 3 aliphatic rings. The van der Waals surface area contributed by atoms with Crippen molar-refractivity contribution in [2.24, 2.45) is 10.9 Å². The quantitative estimate of drug-likeness (QED) is 0.805. The predicted octanol–water partition coefficient (Wildman–Crippen LogP) is 2.98. The number of aliphatic imine (C=N–C) groups is 1. The molecule has 0 radical (unpaired) electrons. The van der Waals surface area contributed by atoms with E-state index in [4.69, 9.17) is 4.99 Å². The van der Waals surface area contributed by atoms with E-state index in [2.05, 4.69) is 37.8 Å². The fraction of sp³-hybridized carbons (Fsp3) is 0.476. The molecule has 7 heteroatoms. The molecule has 0 N–H and O–H groups in total. The Hall–Kier alpha value is -2.83. The lowest BCUT2D eigenvalue weighted by atomic mass is 10.1. The molecule has 3 heterocycles. The van der Waals surface area contributed by atoms with Crippen molar-refractivity contribution in [3.8, 4) is 0 Å². The number of guanidine groups is 1. The van der Waals surface area contributed by atoms with E-state index in [0.29, 0.717) is 18.4 Å². The zero-order valence-electron chi connectivity index (χ0n) is 17.1. The molecule has 2 unspecified atom stereocenters. The first-order valence-corrected chi connectivity index (χ1v) is 9.79. The minimum atomic E-state index is -0.505. The lowest BCUT2D eigenvalue weighted by Gasteiger charge is -2.40. The van der Waals surface area contributed by atoms with Crippen LogP contribution in [0.4, 0.5) is 10.5 Å². The van der Waals surface area contributed by atoms with Crippen molar-refractivity contribution < 1.29 is 9.59 Å². The smallest absolute Gasteiger partial charge is 0.302 e. The van der Waals surface area contributed by atoms with Crippen molar-refractivity contribution in [3.63, 3.8) is 0 Å². The summed E-state index contributed by atoms with van der Waals surface area (Å²) in [7, 11) is 1.73. The minimum Gasteiger partial charge on any atom is -0.302 e. The van der Waals surface area contributed by atoms with Crippen LogP contribution >= 0.6 is 0 Å². The number of allylic oxidation sites excluding steroid dienone is 1. The van der Waals surface area contributed by atoms with Crippen molar-refractivity contribution in [2.75, 3.05) is 18.5 Å². The number of amides is 3. The second kappa shape index (κ2) is 6.65. The largest absolute Gasteiger partial charge is 0.328 e. The molecule has 3 amide bonds. The molecule has 0 saturated carbocycles. The van der Waals surface area contributed by atoms with Gasteiger partial charge in [0.15, 0.2) is 12.2 Å². The van der Waals surface area contributed by atoms with E-state index in [-0.39, 0.29) is 11.9 Å². The number of hydrogen-bond acceptors (Lipinski definition) is 5. The number of rotatable bonds is 4. The van der Waals surface area contributed by atoms with E-state index >= 15 is 0 Å². The predicted molar refractivity (Wildman–Crippen MR) is 109 cm³/mol. The summed E-state index contributed by atoms with van der Waals surface area (Å²) in [6, 6.07) is 7.42. The van der Waals surface area contributed by atoms with Gasteiger partial charge < -0.3 is 9.80 Å². The molecule has 1 aromatic rings. The molecule has 0 aliphatic carbocycles. The number of fused-ring (bicyclic) bond motifs is 3. The third-order valence-corrected chi connectivity index (χ3v) is 5.58. The SMILES string of the molecule is CC1=CN2C(=NC3C2C(=O)N(CCC(C)C)C(=O)N3C)N1c1cccc(C)c1. The lowest BCUT2D eigenvalue weighted by Crippen LogP contribution is -2.64. The van der Waals surface area contributed by atoms with Gasteiger partial charge in [-0.15, -0.1) is 0 Å². The molecule has 0 bridgehead atoms. The molecule has 28 heavy (non-hydrogen) atoms. The number of urea groups is 1. The van der Waals surface area contributed by atoms with Crippen molar-refractivity contribution in [3.05, 3.63) is 41.7 Å². The van der Waals surface area contributed by atoms with Gasteiger partial charge in [0, 0.05) is 31.2 Å². The van der Waals surface area contributed by atoms with Crippen molar-refractivity contribution in [2.45, 2.75) is 46.3 Å². The molecule has 2 atom stereocenters. The number of nitrogens with zero attached hydrogens (tertiary/aromatic N) is 5. The van der Waals surface area contributed by atoms with Crippen LogP contribution in [0.1, 0.15) is 32.8 Å². The van der Waals surface area contributed by atoms with Crippen LogP contribution in [0.15, 0.2) is 41.2 Å². The molecule has 0 spiro atoms. The molecule has 1 saturated heterocycles. The van der Waals surface area contributed by atoms with Gasteiger partial charge in [-0.2, -0.15) is 0 Å². The third kappa shape index (κ3) is 2.77. The molecule has 1 aromatic carbocycles. The summed E-state index contributed by atoms with van der Waals surface area (Å²) in [6.45, 7) is 8.69. The number of benzene rings is 1. The Morgan fingerprint density at radius 1 is 1.18 bits per heavy atom. The zero-order valence-corrected chi connectivity index (χ0v) is 17.1. The van der Waals surface area contributed by atoms with Gasteiger partial charge in [-0.1, -0.05) is 26.0 Å². The van der Waals surface area contributed by atoms with Gasteiger partial charge in [0.1, 0.15) is 0 Å². The lowest BCUT2D eigenvalue weighted by molar-refractivity contribution is -0.136. The molecule has 7 nitrogen and oxygen atoms in total. The monoisotopic (exact) mass is 381 g/mol. The molecule has 4 rings (SSSR count). The molecule has 1 fully saturated rings. The highest BCUT2D eigenvalue weighted by Crippen LogP contribution is 2.36. The van der Waals surface area contributed by atoms with Crippen molar-refractivity contribution in [1.82, 2.24) is 14.7 Å². The fourth-order valence-corrected chi connectivity index (χ4v) is 4.03. The van der Waals surface area contributed by atoms with Gasteiger partial charge in [0.25, 0.3) is 5.91 Å². The van der Waals surface area contributed by atoms with E-state index in [1.165, 1.54) is 4.90 Å². The number of carbonyl (C=O) groups excluding carboxylic acids is 2. The van der Waals surface area contributed by atoms with Gasteiger partial charge in [0.05, 0.1) is 0 Å². The number of likely N-dealkylation sites (N-methyl/N-ethyl adjacent to an activating group) is 1. The first-order chi connectivity index (χ1) is 13.3. The maximum atomic E-state index is 13.2. The number of anilines is 1. The average Bonchev–Trinajstić information content (AvgIpc) is 3.14. The summed E-state index contributed by atoms with van der Waals surface area (Å²) in [5.74, 6) is 0.962. The molecule has 3 aliphatic heterocycles. The van der Waals surface area contributed by atoms with Gasteiger partial charge in [-0.3, -0.25) is 14.6 Å². The van der Waals surface area contributed by atoms with Gasteiger partial charge in [-0.05, 0) is 43.9 Å². The van der Waals surface area contributed by atoms with Crippen molar-refractivity contribution in [1.29, 1.82) is 0 Å². The van der Waals surface area contributed by atoms with Crippen LogP contribution in [0.3, 0.4) is 0 Å². The minimum absolute atomic E-state index is 0.164. The number of carbonyl (C=O) groups is 2. The Morgan fingerprint density at radius 2 is 1.93 bits per heavy atom. The number of imide groups is 1. The van der Waals surface area contributed by atoms with E-state index in [1.807, 2.05) is 30.2 Å². The Labute approximate surface area is 165 Å². The summed E-state index contributed by atoms with van der Waals surface area (Å²) in [6.07, 6.45) is 2.26. The number of aryl methyl sites for hydroxylation is 1. The van der Waals surface area contributed by atoms with Crippen LogP contribution in [0.25, 0.3) is 0 Å². The third-order valence-electron chi connectivity index (χ3n) is 5.58. The maximum absolute atomic E-state index is 13.2. The summed E-state index contributed by atoms with van der Waals surface area (Å²) in [4.78, 5) is 37.8. The Balaban J connectivity index is 1.67. The van der Waals surface area contributed by atoms with Crippen molar-refractivity contribution >= 4 is 23.6 Å². The van der Waals surface area contributed by atoms with Gasteiger partial charge >= 0.3 is 6.03 Å². The Kier molecular flexibility index (Phi) is 4.40. The highest BCUT2D eigenvalue weighted by Gasteiger charge is 2.54. The molecule has 148 valence electrons. The second-order valence-corrected chi connectivity index (χ2v) is 8.21. The second-order valence-electron chi connectivity index (χ2n) is 8.21. The highest BCUT2D eigenvalue weighted by molar-refractivity contribution is 6.09. The van der Waals surface area contributed by atoms with E-state index < -0.39 is 12.2 Å². The Bertz CT molecular complexity index is 891. The van der Waals surface area contributed by atoms with E-state index in [0.717, 1.165) is 23.4 Å². The number of hydrogen-bond donors (Lipinski definition) is 0. The fourth-order valence-electron chi connectivity index (χ4n) is 4.03. The maximum Gasteiger partial charge on any atom is 0.328 e. The van der Waals surface area contributed by atoms with Crippen LogP contribution in [-0.2, 0) is 4.79 Å². The molecular weight excluding hydrogens is 354 g/mol. The van der Waals surface area contributed by atoms with Gasteiger partial charge in [-0.25, -0.2) is 9.79 Å². The van der Waals surface area contributed by atoms with E-state index in [9.17, 15) is 9.59 Å². The normalized spacial score (nSPS) is 24.1. The zero-order chi connectivity index (χ0) is 20.2.